The molecule has 3 aliphatic carbocycles. The van der Waals surface area contributed by atoms with Gasteiger partial charge in [-0.1, -0.05) is 147 Å². The zero-order valence-electron chi connectivity index (χ0n) is 30.7. The van der Waals surface area contributed by atoms with Gasteiger partial charge in [-0.25, -0.2) is 0 Å². The summed E-state index contributed by atoms with van der Waals surface area (Å²) in [6.45, 7) is 4.82. The van der Waals surface area contributed by atoms with Crippen LogP contribution in [0.4, 0.5) is 0 Å². The maximum absolute atomic E-state index is 2.47. The normalized spacial score (nSPS) is 13.8. The first-order valence-electron chi connectivity index (χ1n) is 19.5. The van der Waals surface area contributed by atoms with Gasteiger partial charge in [0.05, 0.1) is 0 Å². The summed E-state index contributed by atoms with van der Waals surface area (Å²) in [6, 6.07) is 64.5. The van der Waals surface area contributed by atoms with Gasteiger partial charge in [0.1, 0.15) is 0 Å². The highest BCUT2D eigenvalue weighted by atomic mass is 14.4. The van der Waals surface area contributed by atoms with E-state index >= 15 is 0 Å². The third-order valence-electron chi connectivity index (χ3n) is 13.3. The van der Waals surface area contributed by atoms with E-state index in [2.05, 4.69) is 184 Å². The van der Waals surface area contributed by atoms with E-state index in [-0.39, 0.29) is 5.41 Å². The predicted molar refractivity (Wildman–Crippen MR) is 234 cm³/mol. The summed E-state index contributed by atoms with van der Waals surface area (Å²) in [5.74, 6) is 0. The molecule has 13 rings (SSSR count). The molecule has 55 heavy (non-hydrogen) atoms. The van der Waals surface area contributed by atoms with Crippen molar-refractivity contribution in [3.05, 3.63) is 181 Å². The highest BCUT2D eigenvalue weighted by molar-refractivity contribution is 6.23. The standard InChI is InChI=1S/C55H34/c1-55(2)49-29-33(37-25-35-11-7-15-45-51(35)47(27-37)43-23-17-31-9-3-5-13-39(31)53(43)45)19-21-41(49)42-22-20-34(30-50(42)55)38-26-36-12-8-16-46-52(36)48(28-38)44-24-18-32-10-4-6-14-40(32)54(44)46/h3-30H,1-2H3. The molecule has 0 nitrogen and oxygen atoms in total. The van der Waals surface area contributed by atoms with E-state index in [1.165, 1.54) is 132 Å². The lowest BCUT2D eigenvalue weighted by atomic mass is 9.80. The third kappa shape index (κ3) is 3.81. The number of rotatable bonds is 2. The smallest absolute Gasteiger partial charge is 0.0159 e. The van der Waals surface area contributed by atoms with Crippen molar-refractivity contribution in [1.29, 1.82) is 0 Å². The summed E-state index contributed by atoms with van der Waals surface area (Å²) in [5.41, 5.74) is 21.3. The van der Waals surface area contributed by atoms with E-state index in [0.29, 0.717) is 0 Å². The maximum atomic E-state index is 2.47. The van der Waals surface area contributed by atoms with Crippen LogP contribution in [0.2, 0.25) is 0 Å². The Morgan fingerprint density at radius 3 is 1.22 bits per heavy atom. The fourth-order valence-electron chi connectivity index (χ4n) is 10.7. The second-order valence-corrected chi connectivity index (χ2v) is 16.4. The molecule has 254 valence electrons. The van der Waals surface area contributed by atoms with Gasteiger partial charge < -0.3 is 0 Å². The Morgan fingerprint density at radius 2 is 0.727 bits per heavy atom. The summed E-state index contributed by atoms with van der Waals surface area (Å²) in [5, 5.41) is 10.6. The van der Waals surface area contributed by atoms with E-state index in [9.17, 15) is 0 Å². The molecule has 0 aliphatic heterocycles. The van der Waals surface area contributed by atoms with Crippen molar-refractivity contribution in [2.75, 3.05) is 0 Å². The molecule has 0 bridgehead atoms. The quantitative estimate of drug-likeness (QED) is 0.169. The van der Waals surface area contributed by atoms with Crippen LogP contribution >= 0.6 is 0 Å². The number of hydrogen-bond donors (Lipinski definition) is 0. The molecule has 0 N–H and O–H groups in total. The minimum atomic E-state index is -0.144. The fourth-order valence-corrected chi connectivity index (χ4v) is 10.7. The minimum Gasteiger partial charge on any atom is -0.0616 e. The molecule has 0 fully saturated rings. The van der Waals surface area contributed by atoms with Gasteiger partial charge in [-0.3, -0.25) is 0 Å². The Labute approximate surface area is 320 Å². The van der Waals surface area contributed by atoms with Crippen LogP contribution in [0.3, 0.4) is 0 Å². The first-order valence-corrected chi connectivity index (χ1v) is 19.5. The van der Waals surface area contributed by atoms with Crippen LogP contribution in [0, 0.1) is 0 Å². The predicted octanol–water partition coefficient (Wildman–Crippen LogP) is 15.2. The Hall–Kier alpha value is -6.76. The molecule has 0 heterocycles. The molecule has 0 amide bonds. The van der Waals surface area contributed by atoms with Gasteiger partial charge in [-0.05, 0) is 169 Å². The van der Waals surface area contributed by atoms with E-state index in [4.69, 9.17) is 0 Å². The van der Waals surface area contributed by atoms with Crippen LogP contribution in [-0.4, -0.2) is 0 Å². The first-order chi connectivity index (χ1) is 27.0. The lowest BCUT2D eigenvalue weighted by Crippen LogP contribution is -2.15. The highest BCUT2D eigenvalue weighted by Gasteiger charge is 2.36. The topological polar surface area (TPSA) is 0 Å². The second kappa shape index (κ2) is 10.3. The fraction of sp³-hybridized carbons (Fsp3) is 0.0545. The van der Waals surface area contributed by atoms with Crippen molar-refractivity contribution < 1.29 is 0 Å². The Kier molecular flexibility index (Phi) is 5.53. The zero-order valence-corrected chi connectivity index (χ0v) is 30.7. The lowest BCUT2D eigenvalue weighted by molar-refractivity contribution is 0.661. The average Bonchev–Trinajstić information content (AvgIpc) is 3.82. The summed E-state index contributed by atoms with van der Waals surface area (Å²) >= 11 is 0. The molecule has 3 aliphatic rings. The van der Waals surface area contributed by atoms with Gasteiger partial charge >= 0.3 is 0 Å². The monoisotopic (exact) mass is 694 g/mol. The largest absolute Gasteiger partial charge is 0.0616 e. The van der Waals surface area contributed by atoms with Crippen molar-refractivity contribution in [3.63, 3.8) is 0 Å². The molecule has 10 aromatic rings. The van der Waals surface area contributed by atoms with Crippen molar-refractivity contribution >= 4 is 43.1 Å². The van der Waals surface area contributed by atoms with Gasteiger partial charge in [0, 0.05) is 5.41 Å². The van der Waals surface area contributed by atoms with Crippen molar-refractivity contribution in [2.45, 2.75) is 19.3 Å². The molecule has 0 spiro atoms. The number of hydrogen-bond acceptors (Lipinski definition) is 0. The van der Waals surface area contributed by atoms with Crippen molar-refractivity contribution in [1.82, 2.24) is 0 Å². The van der Waals surface area contributed by atoms with E-state index in [1.54, 1.807) is 0 Å². The third-order valence-corrected chi connectivity index (χ3v) is 13.3. The van der Waals surface area contributed by atoms with Gasteiger partial charge in [0.25, 0.3) is 0 Å². The number of fused-ring (bicyclic) bond motifs is 13. The summed E-state index contributed by atoms with van der Waals surface area (Å²) < 4.78 is 0. The van der Waals surface area contributed by atoms with Crippen LogP contribution in [-0.2, 0) is 5.41 Å². The van der Waals surface area contributed by atoms with Gasteiger partial charge in [0.15, 0.2) is 0 Å². The van der Waals surface area contributed by atoms with Crippen LogP contribution in [0.15, 0.2) is 170 Å². The van der Waals surface area contributed by atoms with Gasteiger partial charge in [-0.15, -0.1) is 0 Å². The summed E-state index contributed by atoms with van der Waals surface area (Å²) in [7, 11) is 0. The highest BCUT2D eigenvalue weighted by Crippen LogP contribution is 2.55. The van der Waals surface area contributed by atoms with Crippen LogP contribution < -0.4 is 0 Å². The second-order valence-electron chi connectivity index (χ2n) is 16.4. The molecule has 0 heteroatoms. The van der Waals surface area contributed by atoms with E-state index in [1.807, 2.05) is 0 Å². The maximum Gasteiger partial charge on any atom is 0.0159 e. The Bertz CT molecular complexity index is 3160. The Balaban J connectivity index is 0.924. The number of benzene rings is 10. The SMILES string of the molecule is CC1(C)c2cc(-c3cc4c5c(cccc5c3)-c3c-4ccc4ccccc34)ccc2-c2ccc(-c3cc4c5c(cccc5c3)-c3c-4ccc4ccccc34)cc21. The molecule has 0 saturated carbocycles. The summed E-state index contributed by atoms with van der Waals surface area (Å²) in [6.07, 6.45) is 0. The van der Waals surface area contributed by atoms with Crippen molar-refractivity contribution in [2.24, 2.45) is 0 Å². The molecule has 10 aromatic carbocycles. The minimum absolute atomic E-state index is 0.144. The van der Waals surface area contributed by atoms with E-state index < -0.39 is 0 Å². The average molecular weight is 695 g/mol. The van der Waals surface area contributed by atoms with Crippen molar-refractivity contribution in [3.8, 4) is 77.9 Å². The van der Waals surface area contributed by atoms with Crippen LogP contribution in [0.5, 0.6) is 0 Å². The molecule has 0 aromatic heterocycles. The molecule has 0 radical (unpaired) electrons. The molecule has 0 unspecified atom stereocenters. The van der Waals surface area contributed by atoms with Gasteiger partial charge in [0.2, 0.25) is 0 Å². The first kappa shape index (κ1) is 29.7. The Morgan fingerprint density at radius 1 is 0.291 bits per heavy atom. The van der Waals surface area contributed by atoms with E-state index in [0.717, 1.165) is 0 Å². The lowest BCUT2D eigenvalue weighted by Gasteiger charge is -2.23. The summed E-state index contributed by atoms with van der Waals surface area (Å²) in [4.78, 5) is 0. The van der Waals surface area contributed by atoms with Crippen LogP contribution in [0.25, 0.3) is 121 Å². The zero-order chi connectivity index (χ0) is 36.2. The van der Waals surface area contributed by atoms with Crippen LogP contribution in [0.1, 0.15) is 25.0 Å². The molecule has 0 atom stereocenters. The molecular formula is C55H34. The molecular weight excluding hydrogens is 661 g/mol. The molecule has 0 saturated heterocycles. The van der Waals surface area contributed by atoms with Gasteiger partial charge in [-0.2, -0.15) is 0 Å².